The number of methoxy groups -OCH3 is 1. The zero-order valence-corrected chi connectivity index (χ0v) is 25.0. The molecule has 11 nitrogen and oxygen atoms in total. The average Bonchev–Trinajstić information content (AvgIpc) is 3.63. The topological polar surface area (TPSA) is 130 Å². The van der Waals surface area contributed by atoms with Crippen LogP contribution in [-0.4, -0.2) is 78.1 Å². The molecule has 1 atom stereocenters. The van der Waals surface area contributed by atoms with Gasteiger partial charge in [-0.3, -0.25) is 14.7 Å². The number of rotatable bonds is 11. The van der Waals surface area contributed by atoms with E-state index in [2.05, 4.69) is 48.8 Å². The number of aromatic nitrogens is 2. The normalized spacial score (nSPS) is 15.5. The molecule has 1 aromatic carbocycles. The van der Waals surface area contributed by atoms with Gasteiger partial charge in [-0.1, -0.05) is 17.9 Å². The number of anilines is 3. The van der Waals surface area contributed by atoms with Gasteiger partial charge in [0, 0.05) is 51.7 Å². The Kier molecular flexibility index (Phi) is 10.7. The number of carbonyl (C=O) groups is 2. The van der Waals surface area contributed by atoms with Crippen LogP contribution in [0.4, 0.5) is 22.2 Å². The van der Waals surface area contributed by atoms with Crippen LogP contribution >= 0.6 is 0 Å². The second kappa shape index (κ2) is 14.6. The number of amides is 2. The standard InChI is InChI=1S/C31H41N7O4/c1-31(2,3)42-30(40)38-16-8-11-26(38)28(39)34-14-7-5-6-10-23-21-35-29(37-27(23)33-15-9-17-41-4)36-25-13-12-22-19-32-20-24(22)18-25/h12-13,18,20-21,26H,5,7-9,11,14-17,19H2,1-4H3,(H,34,39)(H2,33,35,36,37)/t26-/m0/s1. The Labute approximate surface area is 247 Å². The zero-order chi connectivity index (χ0) is 30.0. The van der Waals surface area contributed by atoms with Gasteiger partial charge in [0.25, 0.3) is 0 Å². The fourth-order valence-corrected chi connectivity index (χ4v) is 4.64. The molecule has 0 radical (unpaired) electrons. The van der Waals surface area contributed by atoms with Crippen molar-refractivity contribution in [2.24, 2.45) is 4.99 Å². The third kappa shape index (κ3) is 8.91. The summed E-state index contributed by atoms with van der Waals surface area (Å²) in [6, 6.07) is 5.60. The van der Waals surface area contributed by atoms with Crippen LogP contribution in [0.3, 0.4) is 0 Å². The molecular formula is C31H41N7O4. The number of nitrogens with one attached hydrogen (secondary N) is 3. The van der Waals surface area contributed by atoms with Crippen molar-refractivity contribution in [1.82, 2.24) is 20.2 Å². The number of carbonyl (C=O) groups excluding carboxylic acids is 2. The first-order valence-corrected chi connectivity index (χ1v) is 14.5. The second-order valence-corrected chi connectivity index (χ2v) is 11.3. The number of fused-ring (bicyclic) bond motifs is 1. The lowest BCUT2D eigenvalue weighted by Gasteiger charge is -2.28. The molecule has 1 saturated heterocycles. The maximum absolute atomic E-state index is 12.7. The lowest BCUT2D eigenvalue weighted by Crippen LogP contribution is -2.47. The highest BCUT2D eigenvalue weighted by Gasteiger charge is 2.36. The van der Waals surface area contributed by atoms with Crippen molar-refractivity contribution in [1.29, 1.82) is 0 Å². The number of ether oxygens (including phenoxy) is 2. The van der Waals surface area contributed by atoms with Crippen molar-refractivity contribution >= 4 is 35.7 Å². The van der Waals surface area contributed by atoms with Crippen LogP contribution in [0.5, 0.6) is 0 Å². The Morgan fingerprint density at radius 1 is 1.19 bits per heavy atom. The largest absolute Gasteiger partial charge is 0.444 e. The fourth-order valence-electron chi connectivity index (χ4n) is 4.64. The summed E-state index contributed by atoms with van der Waals surface area (Å²) >= 11 is 0. The third-order valence-corrected chi connectivity index (χ3v) is 6.68. The van der Waals surface area contributed by atoms with Crippen molar-refractivity contribution < 1.29 is 19.1 Å². The first-order valence-electron chi connectivity index (χ1n) is 14.5. The maximum Gasteiger partial charge on any atom is 0.410 e. The predicted molar refractivity (Wildman–Crippen MR) is 163 cm³/mol. The van der Waals surface area contributed by atoms with Crippen LogP contribution in [0, 0.1) is 11.8 Å². The molecule has 224 valence electrons. The first kappa shape index (κ1) is 30.8. The lowest BCUT2D eigenvalue weighted by molar-refractivity contribution is -0.125. The Morgan fingerprint density at radius 2 is 2.05 bits per heavy atom. The van der Waals surface area contributed by atoms with Gasteiger partial charge in [-0.2, -0.15) is 4.98 Å². The van der Waals surface area contributed by atoms with Gasteiger partial charge in [-0.25, -0.2) is 9.78 Å². The van der Waals surface area contributed by atoms with E-state index < -0.39 is 17.7 Å². The predicted octanol–water partition coefficient (Wildman–Crippen LogP) is 4.25. The fraction of sp³-hybridized carbons (Fsp3) is 0.516. The molecule has 0 spiro atoms. The van der Waals surface area contributed by atoms with E-state index in [-0.39, 0.29) is 5.91 Å². The van der Waals surface area contributed by atoms with Crippen molar-refractivity contribution in [2.75, 3.05) is 44.0 Å². The summed E-state index contributed by atoms with van der Waals surface area (Å²) in [5, 5.41) is 9.57. The molecule has 2 aliphatic heterocycles. The lowest BCUT2D eigenvalue weighted by atomic mass is 10.1. The molecule has 11 heteroatoms. The SMILES string of the molecule is COCCCNc1nc(Nc2ccc3c(c2)C=NC3)ncc1C#CCCCNC(=O)[C@@H]1CCCN1C(=O)OC(C)(C)C. The van der Waals surface area contributed by atoms with Gasteiger partial charge in [0.2, 0.25) is 11.9 Å². The van der Waals surface area contributed by atoms with Gasteiger partial charge in [0.15, 0.2) is 0 Å². The highest BCUT2D eigenvalue weighted by atomic mass is 16.6. The Bertz CT molecular complexity index is 1340. The van der Waals surface area contributed by atoms with Crippen LogP contribution in [0.15, 0.2) is 29.4 Å². The average molecular weight is 576 g/mol. The zero-order valence-electron chi connectivity index (χ0n) is 25.0. The Balaban J connectivity index is 1.30. The maximum atomic E-state index is 12.7. The van der Waals surface area contributed by atoms with E-state index in [1.807, 2.05) is 39.1 Å². The molecular weight excluding hydrogens is 534 g/mol. The number of nitrogens with zero attached hydrogens (tertiary/aromatic N) is 4. The summed E-state index contributed by atoms with van der Waals surface area (Å²) in [5.41, 5.74) is 3.29. The van der Waals surface area contributed by atoms with Gasteiger partial charge in [0.05, 0.1) is 18.3 Å². The van der Waals surface area contributed by atoms with E-state index in [0.29, 0.717) is 69.4 Å². The quantitative estimate of drug-likeness (QED) is 0.268. The second-order valence-electron chi connectivity index (χ2n) is 11.3. The van der Waals surface area contributed by atoms with E-state index in [0.717, 1.165) is 24.1 Å². The van der Waals surface area contributed by atoms with E-state index in [4.69, 9.17) is 9.47 Å². The summed E-state index contributed by atoms with van der Waals surface area (Å²) in [6.07, 6.45) is 6.65. The molecule has 0 bridgehead atoms. The highest BCUT2D eigenvalue weighted by Crippen LogP contribution is 2.23. The minimum absolute atomic E-state index is 0.152. The van der Waals surface area contributed by atoms with Gasteiger partial charge in [0.1, 0.15) is 17.5 Å². The van der Waals surface area contributed by atoms with Crippen molar-refractivity contribution in [3.05, 3.63) is 41.1 Å². The third-order valence-electron chi connectivity index (χ3n) is 6.68. The highest BCUT2D eigenvalue weighted by molar-refractivity contribution is 5.87. The molecule has 3 N–H and O–H groups in total. The van der Waals surface area contributed by atoms with E-state index in [1.54, 1.807) is 13.3 Å². The minimum Gasteiger partial charge on any atom is -0.444 e. The van der Waals surface area contributed by atoms with Crippen LogP contribution < -0.4 is 16.0 Å². The van der Waals surface area contributed by atoms with Crippen molar-refractivity contribution in [2.45, 2.75) is 71.1 Å². The molecule has 2 aliphatic rings. The molecule has 3 heterocycles. The number of unbranched alkanes of at least 4 members (excludes halogenated alkanes) is 1. The minimum atomic E-state index is -0.599. The van der Waals surface area contributed by atoms with Gasteiger partial charge >= 0.3 is 6.09 Å². The van der Waals surface area contributed by atoms with Gasteiger partial charge in [-0.05, 0) is 69.7 Å². The summed E-state index contributed by atoms with van der Waals surface area (Å²) < 4.78 is 10.6. The van der Waals surface area contributed by atoms with Crippen molar-refractivity contribution in [3.63, 3.8) is 0 Å². The smallest absolute Gasteiger partial charge is 0.410 e. The molecule has 0 unspecified atom stereocenters. The molecule has 0 aliphatic carbocycles. The summed E-state index contributed by atoms with van der Waals surface area (Å²) in [5.74, 6) is 7.31. The van der Waals surface area contributed by atoms with Crippen LogP contribution in [0.1, 0.15) is 69.6 Å². The molecule has 42 heavy (non-hydrogen) atoms. The number of hydrogen-bond donors (Lipinski definition) is 3. The van der Waals surface area contributed by atoms with Crippen LogP contribution in [0.25, 0.3) is 0 Å². The summed E-state index contributed by atoms with van der Waals surface area (Å²) in [4.78, 5) is 40.2. The number of hydrogen-bond acceptors (Lipinski definition) is 9. The Morgan fingerprint density at radius 3 is 2.86 bits per heavy atom. The molecule has 0 saturated carbocycles. The van der Waals surface area contributed by atoms with Crippen LogP contribution in [0.2, 0.25) is 0 Å². The van der Waals surface area contributed by atoms with Crippen molar-refractivity contribution in [3.8, 4) is 11.8 Å². The molecule has 1 aromatic heterocycles. The molecule has 2 amide bonds. The van der Waals surface area contributed by atoms with E-state index in [9.17, 15) is 9.59 Å². The van der Waals surface area contributed by atoms with Gasteiger partial charge in [-0.15, -0.1) is 0 Å². The molecule has 4 rings (SSSR count). The number of likely N-dealkylation sites (tertiary alicyclic amines) is 1. The first-order chi connectivity index (χ1) is 20.2. The molecule has 1 fully saturated rings. The number of aliphatic imine (C=N–C) groups is 1. The number of benzene rings is 1. The van der Waals surface area contributed by atoms with Gasteiger partial charge < -0.3 is 25.4 Å². The molecule has 2 aromatic rings. The Hall–Kier alpha value is -4.17. The summed E-state index contributed by atoms with van der Waals surface area (Å²) in [7, 11) is 1.68. The van der Waals surface area contributed by atoms with Crippen LogP contribution in [-0.2, 0) is 20.8 Å². The monoisotopic (exact) mass is 575 g/mol. The van der Waals surface area contributed by atoms with E-state index in [1.165, 1.54) is 10.5 Å². The van der Waals surface area contributed by atoms with E-state index >= 15 is 0 Å². The summed E-state index contributed by atoms with van der Waals surface area (Å²) in [6.45, 7) is 8.50.